The van der Waals surface area contributed by atoms with Crippen molar-refractivity contribution in [2.45, 2.75) is 26.8 Å². The van der Waals surface area contributed by atoms with E-state index in [1.807, 2.05) is 24.7 Å². The molecule has 1 unspecified atom stereocenters. The molecule has 4 aromatic rings. The van der Waals surface area contributed by atoms with Crippen LogP contribution in [0.15, 0.2) is 55.1 Å². The lowest BCUT2D eigenvalue weighted by molar-refractivity contribution is 0.411. The molecule has 0 fully saturated rings. The van der Waals surface area contributed by atoms with Crippen LogP contribution in [0.4, 0.5) is 4.39 Å². The minimum absolute atomic E-state index is 0.214. The number of aromatic nitrogens is 4. The van der Waals surface area contributed by atoms with Crippen LogP contribution in [0.3, 0.4) is 0 Å². The van der Waals surface area contributed by atoms with Gasteiger partial charge < -0.3 is 4.57 Å². The number of hydrogen-bond donors (Lipinski definition) is 0. The Balaban J connectivity index is 1.96. The topological polar surface area (TPSA) is 58.9 Å². The van der Waals surface area contributed by atoms with Crippen molar-refractivity contribution in [2.75, 3.05) is 0 Å². The van der Waals surface area contributed by atoms with Gasteiger partial charge in [0.25, 0.3) is 0 Å². The van der Waals surface area contributed by atoms with E-state index in [4.69, 9.17) is 0 Å². The van der Waals surface area contributed by atoms with Crippen LogP contribution in [-0.2, 0) is 0 Å². The maximum absolute atomic E-state index is 13.4. The standard InChI is InChI=1S/C22H20FN5/c1-14(2)15(3)28-13-26-21(16-4-7-18(23)8-5-16)22(28)17-6-9-20-25-11-19(10-24)27(20)12-17/h4-9,11-15H,1-3H3. The molecule has 1 atom stereocenters. The van der Waals surface area contributed by atoms with E-state index >= 15 is 0 Å². The normalized spacial score (nSPS) is 12.4. The zero-order chi connectivity index (χ0) is 19.8. The van der Waals surface area contributed by atoms with Crippen molar-refractivity contribution in [3.8, 4) is 28.6 Å². The zero-order valence-corrected chi connectivity index (χ0v) is 16.0. The van der Waals surface area contributed by atoms with Crippen molar-refractivity contribution in [1.29, 1.82) is 5.26 Å². The van der Waals surface area contributed by atoms with Crippen LogP contribution >= 0.6 is 0 Å². The molecule has 140 valence electrons. The molecule has 0 spiro atoms. The van der Waals surface area contributed by atoms with Crippen molar-refractivity contribution < 1.29 is 4.39 Å². The van der Waals surface area contributed by atoms with Crippen LogP contribution in [0.5, 0.6) is 0 Å². The molecule has 0 saturated heterocycles. The molecule has 5 nitrogen and oxygen atoms in total. The summed E-state index contributed by atoms with van der Waals surface area (Å²) in [4.78, 5) is 8.92. The van der Waals surface area contributed by atoms with Gasteiger partial charge in [-0.2, -0.15) is 5.26 Å². The van der Waals surface area contributed by atoms with E-state index in [0.717, 1.165) is 22.5 Å². The molecule has 0 aliphatic rings. The molecule has 28 heavy (non-hydrogen) atoms. The molecule has 0 aliphatic heterocycles. The first kappa shape index (κ1) is 17.9. The third-order valence-corrected chi connectivity index (χ3v) is 5.21. The van der Waals surface area contributed by atoms with Gasteiger partial charge in [-0.25, -0.2) is 14.4 Å². The number of fused-ring (bicyclic) bond motifs is 1. The summed E-state index contributed by atoms with van der Waals surface area (Å²) in [5.41, 5.74) is 4.68. The number of pyridine rings is 1. The molecule has 0 N–H and O–H groups in total. The summed E-state index contributed by atoms with van der Waals surface area (Å²) in [5, 5.41) is 9.36. The largest absolute Gasteiger partial charge is 0.327 e. The highest BCUT2D eigenvalue weighted by molar-refractivity contribution is 5.79. The summed E-state index contributed by atoms with van der Waals surface area (Å²) >= 11 is 0. The monoisotopic (exact) mass is 373 g/mol. The van der Waals surface area contributed by atoms with Gasteiger partial charge in [-0.1, -0.05) is 13.8 Å². The molecule has 3 aromatic heterocycles. The van der Waals surface area contributed by atoms with Crippen LogP contribution in [-0.4, -0.2) is 18.9 Å². The molecule has 1 aromatic carbocycles. The third kappa shape index (κ3) is 2.95. The SMILES string of the molecule is CC(C)C(C)n1cnc(-c2ccc(F)cc2)c1-c1ccc2ncc(C#N)n2c1. The fraction of sp³-hybridized carbons (Fsp3) is 0.227. The van der Waals surface area contributed by atoms with Gasteiger partial charge in [0.1, 0.15) is 23.2 Å². The van der Waals surface area contributed by atoms with Crippen LogP contribution < -0.4 is 0 Å². The van der Waals surface area contributed by atoms with Gasteiger partial charge in [0, 0.05) is 23.4 Å². The van der Waals surface area contributed by atoms with E-state index in [1.165, 1.54) is 12.1 Å². The third-order valence-electron chi connectivity index (χ3n) is 5.21. The quantitative estimate of drug-likeness (QED) is 0.500. The van der Waals surface area contributed by atoms with Crippen molar-refractivity contribution in [3.63, 3.8) is 0 Å². The Morgan fingerprint density at radius 1 is 1.00 bits per heavy atom. The Hall–Kier alpha value is -3.46. The molecule has 0 aliphatic carbocycles. The van der Waals surface area contributed by atoms with Crippen molar-refractivity contribution in [1.82, 2.24) is 18.9 Å². The minimum Gasteiger partial charge on any atom is -0.327 e. The van der Waals surface area contributed by atoms with Crippen molar-refractivity contribution in [3.05, 3.63) is 66.6 Å². The highest BCUT2D eigenvalue weighted by Gasteiger charge is 2.21. The van der Waals surface area contributed by atoms with Crippen LogP contribution in [0.25, 0.3) is 28.2 Å². The molecule has 0 amide bonds. The first-order chi connectivity index (χ1) is 13.5. The number of halogens is 1. The van der Waals surface area contributed by atoms with Gasteiger partial charge in [0.2, 0.25) is 0 Å². The summed E-state index contributed by atoms with van der Waals surface area (Å²) in [5.74, 6) is 0.124. The molecular formula is C22H20FN5. The highest BCUT2D eigenvalue weighted by Crippen LogP contribution is 2.35. The first-order valence-electron chi connectivity index (χ1n) is 9.20. The summed E-state index contributed by atoms with van der Waals surface area (Å²) in [6.45, 7) is 6.48. The number of nitriles is 1. The van der Waals surface area contributed by atoms with Gasteiger partial charge in [0.05, 0.1) is 23.9 Å². The molecule has 4 rings (SSSR count). The van der Waals surface area contributed by atoms with Gasteiger partial charge in [-0.3, -0.25) is 4.40 Å². The lowest BCUT2D eigenvalue weighted by Crippen LogP contribution is -2.12. The number of nitrogens with zero attached hydrogens (tertiary/aromatic N) is 5. The minimum atomic E-state index is -0.279. The smallest absolute Gasteiger partial charge is 0.144 e. The lowest BCUT2D eigenvalue weighted by atomic mass is 10.0. The van der Waals surface area contributed by atoms with Gasteiger partial charge in [-0.05, 0) is 49.2 Å². The number of rotatable bonds is 4. The van der Waals surface area contributed by atoms with Gasteiger partial charge in [0.15, 0.2) is 0 Å². The number of hydrogen-bond acceptors (Lipinski definition) is 3. The van der Waals surface area contributed by atoms with E-state index in [-0.39, 0.29) is 11.9 Å². The van der Waals surface area contributed by atoms with Crippen LogP contribution in [0, 0.1) is 23.1 Å². The highest BCUT2D eigenvalue weighted by atomic mass is 19.1. The Morgan fingerprint density at radius 3 is 2.39 bits per heavy atom. The number of imidazole rings is 2. The van der Waals surface area contributed by atoms with Crippen LogP contribution in [0.2, 0.25) is 0 Å². The summed E-state index contributed by atoms with van der Waals surface area (Å²) < 4.78 is 17.3. The maximum atomic E-state index is 13.4. The lowest BCUT2D eigenvalue weighted by Gasteiger charge is -2.21. The fourth-order valence-corrected chi connectivity index (χ4v) is 3.30. The summed E-state index contributed by atoms with van der Waals surface area (Å²) in [7, 11) is 0. The average Bonchev–Trinajstić information content (AvgIpc) is 3.31. The molecule has 6 heteroatoms. The molecular weight excluding hydrogens is 353 g/mol. The van der Waals surface area contributed by atoms with E-state index in [9.17, 15) is 9.65 Å². The first-order valence-corrected chi connectivity index (χ1v) is 9.20. The second-order valence-electron chi connectivity index (χ2n) is 7.24. The second kappa shape index (κ2) is 6.93. The Morgan fingerprint density at radius 2 is 1.71 bits per heavy atom. The van der Waals surface area contributed by atoms with E-state index < -0.39 is 0 Å². The molecule has 0 bridgehead atoms. The van der Waals surface area contributed by atoms with Crippen LogP contribution in [0.1, 0.15) is 32.5 Å². The summed E-state index contributed by atoms with van der Waals surface area (Å²) in [6, 6.07) is 12.6. The zero-order valence-electron chi connectivity index (χ0n) is 16.0. The predicted molar refractivity (Wildman–Crippen MR) is 106 cm³/mol. The van der Waals surface area contributed by atoms with Gasteiger partial charge >= 0.3 is 0 Å². The van der Waals surface area contributed by atoms with Gasteiger partial charge in [-0.15, -0.1) is 0 Å². The average molecular weight is 373 g/mol. The Bertz CT molecular complexity index is 1180. The predicted octanol–water partition coefficient (Wildman–Crippen LogP) is 5.09. The Labute approximate surface area is 162 Å². The summed E-state index contributed by atoms with van der Waals surface area (Å²) in [6.07, 6.45) is 5.31. The van der Waals surface area contributed by atoms with E-state index in [2.05, 4.69) is 41.4 Å². The van der Waals surface area contributed by atoms with E-state index in [1.54, 1.807) is 22.7 Å². The van der Waals surface area contributed by atoms with E-state index in [0.29, 0.717) is 17.3 Å². The molecule has 0 radical (unpaired) electrons. The fourth-order valence-electron chi connectivity index (χ4n) is 3.30. The maximum Gasteiger partial charge on any atom is 0.144 e. The van der Waals surface area contributed by atoms with Crippen molar-refractivity contribution in [2.24, 2.45) is 5.92 Å². The van der Waals surface area contributed by atoms with Crippen molar-refractivity contribution >= 4 is 5.65 Å². The number of benzene rings is 1. The Kier molecular flexibility index (Phi) is 4.44. The second-order valence-corrected chi connectivity index (χ2v) is 7.24. The molecule has 0 saturated carbocycles. The molecule has 3 heterocycles.